The van der Waals surface area contributed by atoms with Crippen LogP contribution in [0.5, 0.6) is 11.5 Å². The molecule has 2 aliphatic heterocycles. The Kier molecular flexibility index (Phi) is 9.63. The molecular formula is C31H37NO8. The predicted molar refractivity (Wildman–Crippen MR) is 149 cm³/mol. The van der Waals surface area contributed by atoms with Crippen LogP contribution in [0.4, 0.5) is 0 Å². The number of amides is 1. The van der Waals surface area contributed by atoms with E-state index in [2.05, 4.69) is 5.32 Å². The van der Waals surface area contributed by atoms with E-state index in [1.807, 2.05) is 51.1 Å². The van der Waals surface area contributed by atoms with Crippen LogP contribution in [0.1, 0.15) is 59.9 Å². The van der Waals surface area contributed by atoms with E-state index in [0.29, 0.717) is 41.0 Å². The van der Waals surface area contributed by atoms with Gasteiger partial charge in [0.1, 0.15) is 23.7 Å². The lowest BCUT2D eigenvalue weighted by molar-refractivity contribution is -0.152. The molecule has 0 bridgehead atoms. The van der Waals surface area contributed by atoms with Crippen LogP contribution in [0.2, 0.25) is 0 Å². The van der Waals surface area contributed by atoms with E-state index in [1.165, 1.54) is 7.11 Å². The highest BCUT2D eigenvalue weighted by atomic mass is 16.8. The molecule has 9 heteroatoms. The van der Waals surface area contributed by atoms with E-state index in [-0.39, 0.29) is 18.7 Å². The molecule has 0 saturated carbocycles. The van der Waals surface area contributed by atoms with Crippen molar-refractivity contribution in [2.75, 3.05) is 21.0 Å². The maximum absolute atomic E-state index is 13.5. The molecule has 3 unspecified atom stereocenters. The van der Waals surface area contributed by atoms with Crippen molar-refractivity contribution in [1.82, 2.24) is 5.32 Å². The summed E-state index contributed by atoms with van der Waals surface area (Å²) >= 11 is 0. The molecule has 1 fully saturated rings. The summed E-state index contributed by atoms with van der Waals surface area (Å²) in [5.74, 6) is -0.745. The normalized spacial score (nSPS) is 25.1. The molecule has 2 aromatic carbocycles. The minimum atomic E-state index is -0.879. The maximum atomic E-state index is 13.5. The third-order valence-electron chi connectivity index (χ3n) is 6.56. The van der Waals surface area contributed by atoms with Gasteiger partial charge in [-0.25, -0.2) is 4.79 Å². The summed E-state index contributed by atoms with van der Waals surface area (Å²) in [6.07, 6.45) is 6.68. The molecule has 40 heavy (non-hydrogen) atoms. The van der Waals surface area contributed by atoms with Gasteiger partial charge in [-0.15, -0.1) is 0 Å². The van der Waals surface area contributed by atoms with Gasteiger partial charge in [-0.05, 0) is 63.5 Å². The minimum Gasteiger partial charge on any atom is -0.497 e. The standard InChI is InChI=1S/C31H37NO8/c1-20-11-9-15-24(38-30(34)21-12-7-6-8-13-21)28-25(39-31(2,3)40-28)16-10-14-22-17-23(36-5)18-26(37-19-35-4)27(22)29(33)32-20/h6-10,12-15,17-18,20,24-25,28H,11,16,19H2,1-5H3,(H,32,33)/b14-10?,15-9-/t20?,24?,25-,28?/m0/s1. The first kappa shape index (κ1) is 29.3. The third-order valence-corrected chi connectivity index (χ3v) is 6.56. The first-order valence-corrected chi connectivity index (χ1v) is 13.3. The first-order valence-electron chi connectivity index (χ1n) is 13.3. The highest BCUT2D eigenvalue weighted by molar-refractivity contribution is 6.01. The van der Waals surface area contributed by atoms with Crippen molar-refractivity contribution in [2.45, 2.75) is 63.8 Å². The predicted octanol–water partition coefficient (Wildman–Crippen LogP) is 4.91. The topological polar surface area (TPSA) is 102 Å². The number of esters is 1. The van der Waals surface area contributed by atoms with Crippen LogP contribution < -0.4 is 14.8 Å². The molecule has 2 aromatic rings. The number of carbonyl (C=O) groups excluding carboxylic acids is 2. The van der Waals surface area contributed by atoms with E-state index in [4.69, 9.17) is 28.4 Å². The van der Waals surface area contributed by atoms with E-state index in [9.17, 15) is 9.59 Å². The number of hydrogen-bond acceptors (Lipinski definition) is 8. The maximum Gasteiger partial charge on any atom is 0.338 e. The zero-order valence-corrected chi connectivity index (χ0v) is 23.5. The number of rotatable bonds is 6. The summed E-state index contributed by atoms with van der Waals surface area (Å²) in [4.78, 5) is 26.5. The van der Waals surface area contributed by atoms with Crippen LogP contribution in [0, 0.1) is 0 Å². The van der Waals surface area contributed by atoms with Crippen LogP contribution in [0.25, 0.3) is 6.08 Å². The van der Waals surface area contributed by atoms with E-state index in [0.717, 1.165) is 0 Å². The Bertz CT molecular complexity index is 1240. The SMILES string of the molecule is COCOc1cc(OC)cc2c1C(=O)NC(C)C/C=C\C(OC(=O)c1ccccc1)C1OC(C)(C)O[C@H]1CC=C2. The van der Waals surface area contributed by atoms with Gasteiger partial charge in [0.2, 0.25) is 0 Å². The summed E-state index contributed by atoms with van der Waals surface area (Å²) in [6, 6.07) is 12.0. The number of methoxy groups -OCH3 is 2. The van der Waals surface area contributed by atoms with Gasteiger partial charge < -0.3 is 33.7 Å². The summed E-state index contributed by atoms with van der Waals surface area (Å²) in [5, 5.41) is 3.04. The monoisotopic (exact) mass is 551 g/mol. The van der Waals surface area contributed by atoms with Gasteiger partial charge in [0.05, 0.1) is 24.3 Å². The van der Waals surface area contributed by atoms with Crippen molar-refractivity contribution < 1.29 is 38.0 Å². The van der Waals surface area contributed by atoms with Gasteiger partial charge in [-0.2, -0.15) is 0 Å². The van der Waals surface area contributed by atoms with Crippen molar-refractivity contribution >= 4 is 18.0 Å². The second kappa shape index (κ2) is 13.1. The van der Waals surface area contributed by atoms with Crippen LogP contribution >= 0.6 is 0 Å². The Hall–Kier alpha value is -3.66. The molecule has 1 amide bonds. The molecule has 214 valence electrons. The highest BCUT2D eigenvalue weighted by Crippen LogP contribution is 2.35. The molecular weight excluding hydrogens is 514 g/mol. The van der Waals surface area contributed by atoms with Crippen molar-refractivity contribution in [3.63, 3.8) is 0 Å². The number of fused-ring (bicyclic) bond motifs is 2. The van der Waals surface area contributed by atoms with Crippen molar-refractivity contribution in [3.05, 3.63) is 77.4 Å². The van der Waals surface area contributed by atoms with E-state index in [1.54, 1.807) is 43.5 Å². The zero-order valence-electron chi connectivity index (χ0n) is 23.5. The molecule has 0 aliphatic carbocycles. The Labute approximate surface area is 235 Å². The number of ether oxygens (including phenoxy) is 6. The Morgan fingerprint density at radius 2 is 1.85 bits per heavy atom. The second-order valence-electron chi connectivity index (χ2n) is 10.2. The van der Waals surface area contributed by atoms with Crippen LogP contribution in [-0.2, 0) is 18.9 Å². The molecule has 1 saturated heterocycles. The van der Waals surface area contributed by atoms with Gasteiger partial charge in [-0.3, -0.25) is 4.79 Å². The van der Waals surface area contributed by atoms with Crippen molar-refractivity contribution in [3.8, 4) is 11.5 Å². The second-order valence-corrected chi connectivity index (χ2v) is 10.2. The molecule has 2 heterocycles. The molecule has 0 radical (unpaired) electrons. The lowest BCUT2D eigenvalue weighted by Crippen LogP contribution is -2.38. The summed E-state index contributed by atoms with van der Waals surface area (Å²) < 4.78 is 34.8. The Balaban J connectivity index is 1.70. The quantitative estimate of drug-likeness (QED) is 0.307. The van der Waals surface area contributed by atoms with Gasteiger partial charge in [0.15, 0.2) is 12.6 Å². The lowest BCUT2D eigenvalue weighted by atomic mass is 10.00. The molecule has 0 aromatic heterocycles. The minimum absolute atomic E-state index is 0.0258. The first-order chi connectivity index (χ1) is 19.2. The summed E-state index contributed by atoms with van der Waals surface area (Å²) in [5.41, 5.74) is 1.43. The van der Waals surface area contributed by atoms with Crippen LogP contribution in [-0.4, -0.2) is 63.0 Å². The third kappa shape index (κ3) is 7.29. The van der Waals surface area contributed by atoms with E-state index >= 15 is 0 Å². The fourth-order valence-corrected chi connectivity index (χ4v) is 4.75. The van der Waals surface area contributed by atoms with Gasteiger partial charge in [0.25, 0.3) is 5.91 Å². The Morgan fingerprint density at radius 1 is 1.07 bits per heavy atom. The van der Waals surface area contributed by atoms with Gasteiger partial charge in [0, 0.05) is 19.2 Å². The van der Waals surface area contributed by atoms with Crippen LogP contribution in [0.15, 0.2) is 60.7 Å². The highest BCUT2D eigenvalue weighted by Gasteiger charge is 2.45. The average Bonchev–Trinajstić information content (AvgIpc) is 3.24. The van der Waals surface area contributed by atoms with Gasteiger partial charge in [-0.1, -0.05) is 36.4 Å². The number of benzene rings is 2. The number of hydrogen-bond donors (Lipinski definition) is 1. The van der Waals surface area contributed by atoms with Crippen LogP contribution in [0.3, 0.4) is 0 Å². The lowest BCUT2D eigenvalue weighted by Gasteiger charge is -2.25. The molecule has 0 spiro atoms. The summed E-state index contributed by atoms with van der Waals surface area (Å²) in [7, 11) is 3.07. The number of carbonyl (C=O) groups is 2. The molecule has 2 aliphatic rings. The molecule has 1 N–H and O–H groups in total. The van der Waals surface area contributed by atoms with E-state index < -0.39 is 30.1 Å². The fraction of sp³-hybridized carbons (Fsp3) is 0.419. The largest absolute Gasteiger partial charge is 0.497 e. The fourth-order valence-electron chi connectivity index (χ4n) is 4.75. The van der Waals surface area contributed by atoms with Gasteiger partial charge >= 0.3 is 5.97 Å². The summed E-state index contributed by atoms with van der Waals surface area (Å²) in [6.45, 7) is 5.54. The van der Waals surface area contributed by atoms with Crippen molar-refractivity contribution in [1.29, 1.82) is 0 Å². The smallest absolute Gasteiger partial charge is 0.338 e. The average molecular weight is 552 g/mol. The number of nitrogens with one attached hydrogen (secondary N) is 1. The molecule has 9 nitrogen and oxygen atoms in total. The molecule has 4 atom stereocenters. The van der Waals surface area contributed by atoms with Crippen molar-refractivity contribution in [2.24, 2.45) is 0 Å². The zero-order chi connectivity index (χ0) is 28.7. The Morgan fingerprint density at radius 3 is 2.58 bits per heavy atom. The molecule has 4 rings (SSSR count).